The van der Waals surface area contributed by atoms with Crippen molar-refractivity contribution >= 4 is 22.4 Å². The molecular weight excluding hydrogens is 288 g/mol. The van der Waals surface area contributed by atoms with E-state index >= 15 is 0 Å². The molecular formula is C15H18N2O3S. The summed E-state index contributed by atoms with van der Waals surface area (Å²) in [5, 5.41) is 5.30. The standard InChI is InChI=1S/C15H18N2O3S/c1-9-8-21-15(16-9)17-13(18)7-11-5-6-12(19-3)10(2)14(11)20-4/h5-6,8H,7H2,1-4H3,(H,16,17,18). The van der Waals surface area contributed by atoms with Crippen molar-refractivity contribution in [3.05, 3.63) is 34.3 Å². The van der Waals surface area contributed by atoms with Crippen LogP contribution >= 0.6 is 11.3 Å². The number of hydrogen-bond donors (Lipinski definition) is 1. The van der Waals surface area contributed by atoms with Gasteiger partial charge in [0.25, 0.3) is 0 Å². The number of hydrogen-bond acceptors (Lipinski definition) is 5. The van der Waals surface area contributed by atoms with E-state index in [2.05, 4.69) is 10.3 Å². The number of thiazole rings is 1. The fourth-order valence-electron chi connectivity index (χ4n) is 2.12. The van der Waals surface area contributed by atoms with Crippen molar-refractivity contribution < 1.29 is 14.3 Å². The van der Waals surface area contributed by atoms with Crippen molar-refractivity contribution in [1.82, 2.24) is 4.98 Å². The van der Waals surface area contributed by atoms with Gasteiger partial charge in [0, 0.05) is 16.5 Å². The molecule has 0 fully saturated rings. The molecule has 1 heterocycles. The highest BCUT2D eigenvalue weighted by atomic mass is 32.1. The van der Waals surface area contributed by atoms with Gasteiger partial charge < -0.3 is 14.8 Å². The molecule has 1 aromatic carbocycles. The maximum atomic E-state index is 12.1. The Morgan fingerprint density at radius 3 is 2.62 bits per heavy atom. The third-order valence-electron chi connectivity index (χ3n) is 3.08. The summed E-state index contributed by atoms with van der Waals surface area (Å²) in [7, 11) is 3.20. The number of nitrogens with zero attached hydrogens (tertiary/aromatic N) is 1. The Kier molecular flexibility index (Phi) is 4.80. The molecule has 1 aromatic heterocycles. The summed E-state index contributed by atoms with van der Waals surface area (Å²) in [6.45, 7) is 3.80. The van der Waals surface area contributed by atoms with Gasteiger partial charge in [0.15, 0.2) is 5.13 Å². The van der Waals surface area contributed by atoms with Crippen LogP contribution in [0.25, 0.3) is 0 Å². The summed E-state index contributed by atoms with van der Waals surface area (Å²) in [5.41, 5.74) is 2.60. The number of benzene rings is 1. The lowest BCUT2D eigenvalue weighted by atomic mass is 10.1. The average Bonchev–Trinajstić information content (AvgIpc) is 2.84. The molecule has 112 valence electrons. The third-order valence-corrected chi connectivity index (χ3v) is 3.95. The molecule has 0 bridgehead atoms. The summed E-state index contributed by atoms with van der Waals surface area (Å²) in [6, 6.07) is 3.69. The number of ether oxygens (including phenoxy) is 2. The molecule has 0 radical (unpaired) electrons. The Morgan fingerprint density at radius 1 is 1.29 bits per heavy atom. The normalized spacial score (nSPS) is 10.3. The van der Waals surface area contributed by atoms with E-state index in [9.17, 15) is 4.79 Å². The predicted molar refractivity (Wildman–Crippen MR) is 83.5 cm³/mol. The van der Waals surface area contributed by atoms with Crippen LogP contribution in [0.4, 0.5) is 5.13 Å². The number of amides is 1. The highest BCUT2D eigenvalue weighted by Crippen LogP contribution is 2.31. The van der Waals surface area contributed by atoms with Crippen molar-refractivity contribution in [3.63, 3.8) is 0 Å². The molecule has 0 saturated heterocycles. The lowest BCUT2D eigenvalue weighted by Crippen LogP contribution is -2.15. The second kappa shape index (κ2) is 6.58. The number of aryl methyl sites for hydroxylation is 1. The van der Waals surface area contributed by atoms with Crippen molar-refractivity contribution in [1.29, 1.82) is 0 Å². The van der Waals surface area contributed by atoms with Gasteiger partial charge in [0.05, 0.1) is 26.3 Å². The molecule has 1 N–H and O–H groups in total. The summed E-state index contributed by atoms with van der Waals surface area (Å²) in [5.74, 6) is 1.30. The molecule has 2 rings (SSSR count). The van der Waals surface area contributed by atoms with E-state index in [0.29, 0.717) is 10.9 Å². The Hall–Kier alpha value is -2.08. The molecule has 5 nitrogen and oxygen atoms in total. The van der Waals surface area contributed by atoms with Crippen LogP contribution in [0.3, 0.4) is 0 Å². The van der Waals surface area contributed by atoms with E-state index in [4.69, 9.17) is 9.47 Å². The zero-order chi connectivity index (χ0) is 15.4. The summed E-state index contributed by atoms with van der Waals surface area (Å²) >= 11 is 1.41. The molecule has 0 aliphatic rings. The van der Waals surface area contributed by atoms with Crippen LogP contribution in [0.5, 0.6) is 11.5 Å². The predicted octanol–water partition coefficient (Wildman–Crippen LogP) is 2.96. The van der Waals surface area contributed by atoms with Crippen LogP contribution in [0.2, 0.25) is 0 Å². The molecule has 0 unspecified atom stereocenters. The number of carbonyl (C=O) groups excluding carboxylic acids is 1. The molecule has 21 heavy (non-hydrogen) atoms. The van der Waals surface area contributed by atoms with Crippen LogP contribution in [0.15, 0.2) is 17.5 Å². The van der Waals surface area contributed by atoms with Gasteiger partial charge in [-0.15, -0.1) is 11.3 Å². The fraction of sp³-hybridized carbons (Fsp3) is 0.333. The molecule has 0 aliphatic heterocycles. The van der Waals surface area contributed by atoms with Crippen molar-refractivity contribution in [2.75, 3.05) is 19.5 Å². The van der Waals surface area contributed by atoms with Gasteiger partial charge in [0.1, 0.15) is 11.5 Å². The maximum absolute atomic E-state index is 12.1. The quantitative estimate of drug-likeness (QED) is 0.922. The topological polar surface area (TPSA) is 60.5 Å². The van der Waals surface area contributed by atoms with E-state index in [-0.39, 0.29) is 12.3 Å². The van der Waals surface area contributed by atoms with Gasteiger partial charge in [-0.3, -0.25) is 4.79 Å². The number of anilines is 1. The molecule has 0 spiro atoms. The van der Waals surface area contributed by atoms with Crippen molar-refractivity contribution in [2.45, 2.75) is 20.3 Å². The van der Waals surface area contributed by atoms with E-state index in [1.165, 1.54) is 11.3 Å². The highest BCUT2D eigenvalue weighted by molar-refractivity contribution is 7.13. The zero-order valence-electron chi connectivity index (χ0n) is 12.5. The zero-order valence-corrected chi connectivity index (χ0v) is 13.3. The van der Waals surface area contributed by atoms with Crippen LogP contribution in [0, 0.1) is 13.8 Å². The third kappa shape index (κ3) is 3.52. The monoisotopic (exact) mass is 306 g/mol. The Morgan fingerprint density at radius 2 is 2.05 bits per heavy atom. The van der Waals surface area contributed by atoms with Crippen molar-refractivity contribution in [2.24, 2.45) is 0 Å². The van der Waals surface area contributed by atoms with Crippen LogP contribution in [-0.2, 0) is 11.2 Å². The Labute approximate surface area is 127 Å². The molecule has 6 heteroatoms. The molecule has 0 saturated carbocycles. The largest absolute Gasteiger partial charge is 0.496 e. The average molecular weight is 306 g/mol. The van der Waals surface area contributed by atoms with Gasteiger partial charge in [0.2, 0.25) is 5.91 Å². The summed E-state index contributed by atoms with van der Waals surface area (Å²) < 4.78 is 10.7. The second-order valence-electron chi connectivity index (χ2n) is 4.60. The van der Waals surface area contributed by atoms with Crippen LogP contribution < -0.4 is 14.8 Å². The number of rotatable bonds is 5. The molecule has 0 atom stereocenters. The van der Waals surface area contributed by atoms with Gasteiger partial charge in [-0.2, -0.15) is 0 Å². The summed E-state index contributed by atoms with van der Waals surface area (Å²) in [6.07, 6.45) is 0.229. The van der Waals surface area contributed by atoms with Crippen molar-refractivity contribution in [3.8, 4) is 11.5 Å². The Bertz CT molecular complexity index is 652. The first kappa shape index (κ1) is 15.3. The van der Waals surface area contributed by atoms with E-state index < -0.39 is 0 Å². The van der Waals surface area contributed by atoms with Gasteiger partial charge in [-0.05, 0) is 19.9 Å². The minimum Gasteiger partial charge on any atom is -0.496 e. The smallest absolute Gasteiger partial charge is 0.230 e. The van der Waals surface area contributed by atoms with Gasteiger partial charge in [-0.25, -0.2) is 4.98 Å². The minimum absolute atomic E-state index is 0.118. The van der Waals surface area contributed by atoms with E-state index in [1.807, 2.05) is 31.4 Å². The molecule has 1 amide bonds. The first-order valence-electron chi connectivity index (χ1n) is 6.47. The molecule has 2 aromatic rings. The second-order valence-corrected chi connectivity index (χ2v) is 5.46. The van der Waals surface area contributed by atoms with Crippen LogP contribution in [-0.4, -0.2) is 25.1 Å². The number of aromatic nitrogens is 1. The number of carbonyl (C=O) groups is 1. The van der Waals surface area contributed by atoms with E-state index in [0.717, 1.165) is 22.6 Å². The minimum atomic E-state index is -0.118. The number of methoxy groups -OCH3 is 2. The lowest BCUT2D eigenvalue weighted by molar-refractivity contribution is -0.115. The SMILES string of the molecule is COc1ccc(CC(=O)Nc2nc(C)cs2)c(OC)c1C. The van der Waals surface area contributed by atoms with Crippen LogP contribution in [0.1, 0.15) is 16.8 Å². The van der Waals surface area contributed by atoms with Gasteiger partial charge in [-0.1, -0.05) is 6.07 Å². The lowest BCUT2D eigenvalue weighted by Gasteiger charge is -2.14. The summed E-state index contributed by atoms with van der Waals surface area (Å²) in [4.78, 5) is 16.3. The fourth-order valence-corrected chi connectivity index (χ4v) is 2.83. The highest BCUT2D eigenvalue weighted by Gasteiger charge is 2.14. The number of nitrogens with one attached hydrogen (secondary N) is 1. The van der Waals surface area contributed by atoms with Gasteiger partial charge >= 0.3 is 0 Å². The Balaban J connectivity index is 2.15. The molecule has 0 aliphatic carbocycles. The first-order valence-corrected chi connectivity index (χ1v) is 7.35. The first-order chi connectivity index (χ1) is 10.0. The van der Waals surface area contributed by atoms with E-state index in [1.54, 1.807) is 14.2 Å². The maximum Gasteiger partial charge on any atom is 0.230 e.